The molecule has 0 amide bonds. The maximum Gasteiger partial charge on any atom is 0.260 e. The summed E-state index contributed by atoms with van der Waals surface area (Å²) in [6.45, 7) is 5.07. The summed E-state index contributed by atoms with van der Waals surface area (Å²) >= 11 is 1.93. The molecule has 2 heterocycles. The molecule has 0 bridgehead atoms. The van der Waals surface area contributed by atoms with Crippen LogP contribution in [-0.2, 0) is 16.6 Å². The molecule has 0 spiro atoms. The van der Waals surface area contributed by atoms with Crippen molar-refractivity contribution in [3.8, 4) is 0 Å². The third-order valence-corrected chi connectivity index (χ3v) is 5.69. The van der Waals surface area contributed by atoms with Crippen LogP contribution in [-0.4, -0.2) is 61.2 Å². The highest BCUT2D eigenvalue weighted by molar-refractivity contribution is 7.99. The first kappa shape index (κ1) is 15.8. The number of hydrogen-bond acceptors (Lipinski definition) is 6. The quantitative estimate of drug-likeness (QED) is 0.653. The monoisotopic (exact) mass is 319 g/mol. The molecule has 20 heavy (non-hydrogen) atoms. The number of H-pyrrole nitrogens is 1. The molecule has 4 N–H and O–H groups in total. The van der Waals surface area contributed by atoms with E-state index in [1.807, 2.05) is 11.8 Å². The first-order valence-corrected chi connectivity index (χ1v) is 9.22. The smallest absolute Gasteiger partial charge is 0.260 e. The molecule has 1 fully saturated rings. The lowest BCUT2D eigenvalue weighted by Gasteiger charge is -2.25. The second kappa shape index (κ2) is 6.90. The topological polar surface area (TPSA) is 104 Å². The van der Waals surface area contributed by atoms with Gasteiger partial charge in [-0.3, -0.25) is 5.10 Å². The number of sulfonamides is 1. The van der Waals surface area contributed by atoms with Crippen LogP contribution in [0.4, 0.5) is 0 Å². The van der Waals surface area contributed by atoms with Crippen LogP contribution < -0.4 is 10.5 Å². The maximum atomic E-state index is 12.2. The third-order valence-electron chi connectivity index (χ3n) is 3.32. The van der Waals surface area contributed by atoms with E-state index >= 15 is 0 Å². The van der Waals surface area contributed by atoms with Gasteiger partial charge < -0.3 is 10.6 Å². The lowest BCUT2D eigenvalue weighted by atomic mass is 10.3. The summed E-state index contributed by atoms with van der Waals surface area (Å²) in [5, 5.41) is 6.54. The zero-order chi connectivity index (χ0) is 14.6. The van der Waals surface area contributed by atoms with Gasteiger partial charge >= 0.3 is 0 Å². The number of nitrogens with two attached hydrogens (primary N) is 1. The molecule has 1 aromatic rings. The second-order valence-corrected chi connectivity index (χ2v) is 7.60. The standard InChI is InChI=1S/C11H21N5O2S2/c1-9-10(8-12)11(15-14-9)20(17,18)13-2-3-16-4-6-19-7-5-16/h13H,2-8,12H2,1H3,(H,14,15). The predicted octanol–water partition coefficient (Wildman–Crippen LogP) is -0.496. The summed E-state index contributed by atoms with van der Waals surface area (Å²) < 4.78 is 27.0. The van der Waals surface area contributed by atoms with Crippen molar-refractivity contribution in [2.24, 2.45) is 5.73 Å². The van der Waals surface area contributed by atoms with Crippen molar-refractivity contribution in [1.29, 1.82) is 0 Å². The van der Waals surface area contributed by atoms with Crippen LogP contribution >= 0.6 is 11.8 Å². The van der Waals surface area contributed by atoms with Gasteiger partial charge in [-0.25, -0.2) is 13.1 Å². The Morgan fingerprint density at radius 3 is 2.80 bits per heavy atom. The SMILES string of the molecule is Cc1[nH]nc(S(=O)(=O)NCCN2CCSCC2)c1CN. The van der Waals surface area contributed by atoms with Crippen molar-refractivity contribution in [3.63, 3.8) is 0 Å². The lowest BCUT2D eigenvalue weighted by Crippen LogP contribution is -2.39. The fourth-order valence-electron chi connectivity index (χ4n) is 2.12. The van der Waals surface area contributed by atoms with Crippen LogP contribution in [0.2, 0.25) is 0 Å². The van der Waals surface area contributed by atoms with Gasteiger partial charge in [0.15, 0.2) is 5.03 Å². The summed E-state index contributed by atoms with van der Waals surface area (Å²) in [6.07, 6.45) is 0. The zero-order valence-corrected chi connectivity index (χ0v) is 13.2. The Labute approximate surface area is 123 Å². The molecular weight excluding hydrogens is 298 g/mol. The van der Waals surface area contributed by atoms with E-state index in [9.17, 15) is 8.42 Å². The highest BCUT2D eigenvalue weighted by Crippen LogP contribution is 2.15. The molecule has 0 aliphatic carbocycles. The van der Waals surface area contributed by atoms with E-state index in [1.54, 1.807) is 6.92 Å². The van der Waals surface area contributed by atoms with Gasteiger partial charge in [0.05, 0.1) is 0 Å². The van der Waals surface area contributed by atoms with Gasteiger partial charge in [-0.2, -0.15) is 16.9 Å². The highest BCUT2D eigenvalue weighted by atomic mass is 32.2. The van der Waals surface area contributed by atoms with E-state index in [0.29, 0.717) is 17.8 Å². The van der Waals surface area contributed by atoms with Gasteiger partial charge in [0.1, 0.15) is 0 Å². The normalized spacial score (nSPS) is 17.5. The molecule has 1 aliphatic rings. The van der Waals surface area contributed by atoms with E-state index < -0.39 is 10.0 Å². The number of hydrogen-bond donors (Lipinski definition) is 3. The zero-order valence-electron chi connectivity index (χ0n) is 11.6. The van der Waals surface area contributed by atoms with E-state index in [-0.39, 0.29) is 11.6 Å². The molecule has 0 saturated carbocycles. The van der Waals surface area contributed by atoms with Gasteiger partial charge in [-0.15, -0.1) is 0 Å². The van der Waals surface area contributed by atoms with Crippen molar-refractivity contribution in [2.45, 2.75) is 18.5 Å². The first-order valence-electron chi connectivity index (χ1n) is 6.58. The number of aromatic amines is 1. The lowest BCUT2D eigenvalue weighted by molar-refractivity contribution is 0.307. The van der Waals surface area contributed by atoms with Gasteiger partial charge in [0.25, 0.3) is 10.0 Å². The number of rotatable bonds is 6. The van der Waals surface area contributed by atoms with Crippen LogP contribution in [0.1, 0.15) is 11.3 Å². The summed E-state index contributed by atoms with van der Waals surface area (Å²) in [6, 6.07) is 0. The Hall–Kier alpha value is -0.610. The molecule has 0 aromatic carbocycles. The molecular formula is C11H21N5O2S2. The Morgan fingerprint density at radius 2 is 2.15 bits per heavy atom. The van der Waals surface area contributed by atoms with E-state index in [4.69, 9.17) is 5.73 Å². The molecule has 1 saturated heterocycles. The number of aromatic nitrogens is 2. The average molecular weight is 319 g/mol. The predicted molar refractivity (Wildman–Crippen MR) is 80.2 cm³/mol. The molecule has 114 valence electrons. The Bertz CT molecular complexity index is 537. The van der Waals surface area contributed by atoms with Crippen molar-refractivity contribution in [1.82, 2.24) is 19.8 Å². The summed E-state index contributed by atoms with van der Waals surface area (Å²) in [5.74, 6) is 2.23. The molecule has 1 aromatic heterocycles. The van der Waals surface area contributed by atoms with Gasteiger partial charge in [-0.05, 0) is 6.92 Å². The highest BCUT2D eigenvalue weighted by Gasteiger charge is 2.23. The van der Waals surface area contributed by atoms with Crippen molar-refractivity contribution >= 4 is 21.8 Å². The van der Waals surface area contributed by atoms with Crippen molar-refractivity contribution in [2.75, 3.05) is 37.7 Å². The largest absolute Gasteiger partial charge is 0.326 e. The molecule has 9 heteroatoms. The molecule has 0 atom stereocenters. The van der Waals surface area contributed by atoms with E-state index in [1.165, 1.54) is 0 Å². The minimum atomic E-state index is -3.59. The van der Waals surface area contributed by atoms with Crippen LogP contribution in [0.5, 0.6) is 0 Å². The number of thioether (sulfide) groups is 1. The van der Waals surface area contributed by atoms with Gasteiger partial charge in [-0.1, -0.05) is 0 Å². The summed E-state index contributed by atoms with van der Waals surface area (Å²) in [7, 11) is -3.59. The number of nitrogens with one attached hydrogen (secondary N) is 2. The molecule has 0 radical (unpaired) electrons. The Balaban J connectivity index is 1.93. The molecule has 7 nitrogen and oxygen atoms in total. The van der Waals surface area contributed by atoms with E-state index in [2.05, 4.69) is 19.8 Å². The number of nitrogens with zero attached hydrogens (tertiary/aromatic N) is 2. The van der Waals surface area contributed by atoms with Crippen LogP contribution in [0, 0.1) is 6.92 Å². The Kier molecular flexibility index (Phi) is 5.44. The fraction of sp³-hybridized carbons (Fsp3) is 0.727. The van der Waals surface area contributed by atoms with Crippen LogP contribution in [0.3, 0.4) is 0 Å². The van der Waals surface area contributed by atoms with Crippen molar-refractivity contribution in [3.05, 3.63) is 11.3 Å². The number of aryl methyl sites for hydroxylation is 1. The Morgan fingerprint density at radius 1 is 1.45 bits per heavy atom. The van der Waals surface area contributed by atoms with E-state index in [0.717, 1.165) is 31.1 Å². The first-order chi connectivity index (χ1) is 9.54. The fourth-order valence-corrected chi connectivity index (χ4v) is 4.33. The molecule has 0 unspecified atom stereocenters. The van der Waals surface area contributed by atoms with Gasteiger partial charge in [0.2, 0.25) is 0 Å². The molecule has 1 aliphatic heterocycles. The van der Waals surface area contributed by atoms with Crippen LogP contribution in [0.15, 0.2) is 5.03 Å². The maximum absolute atomic E-state index is 12.2. The second-order valence-electron chi connectivity index (χ2n) is 4.69. The molecule has 2 rings (SSSR count). The average Bonchev–Trinajstić information content (AvgIpc) is 2.81. The summed E-state index contributed by atoms with van der Waals surface area (Å²) in [5.41, 5.74) is 6.82. The van der Waals surface area contributed by atoms with Crippen LogP contribution in [0.25, 0.3) is 0 Å². The van der Waals surface area contributed by atoms with Gasteiger partial charge in [0, 0.05) is 55.5 Å². The van der Waals surface area contributed by atoms with Crippen molar-refractivity contribution < 1.29 is 8.42 Å². The third kappa shape index (κ3) is 3.73. The minimum Gasteiger partial charge on any atom is -0.326 e. The minimum absolute atomic E-state index is 0.0201. The summed E-state index contributed by atoms with van der Waals surface area (Å²) in [4.78, 5) is 2.26.